The smallest absolute Gasteiger partial charge is 0.300 e. The highest BCUT2D eigenvalue weighted by Gasteiger charge is 2.23. The number of fused-ring (bicyclic) bond motifs is 1. The van der Waals surface area contributed by atoms with Crippen LogP contribution in [0.25, 0.3) is 5.57 Å². The molecule has 5 heteroatoms. The quantitative estimate of drug-likeness (QED) is 0.788. The molecule has 0 unspecified atom stereocenters. The summed E-state index contributed by atoms with van der Waals surface area (Å²) in [7, 11) is 3.27. The van der Waals surface area contributed by atoms with Crippen LogP contribution in [0.15, 0.2) is 15.7 Å². The first-order chi connectivity index (χ1) is 9.01. The lowest BCUT2D eigenvalue weighted by molar-refractivity contribution is 0.341. The fraction of sp³-hybridized carbons (Fsp3) is 0.571. The molecule has 1 aliphatic carbocycles. The van der Waals surface area contributed by atoms with E-state index in [-0.39, 0.29) is 11.2 Å². The summed E-state index contributed by atoms with van der Waals surface area (Å²) in [4.78, 5) is 26.4. The molecule has 0 aromatic carbocycles. The van der Waals surface area contributed by atoms with Crippen LogP contribution in [0.2, 0.25) is 0 Å². The van der Waals surface area contributed by atoms with Crippen molar-refractivity contribution in [3.8, 4) is 0 Å². The summed E-state index contributed by atoms with van der Waals surface area (Å²) in [6, 6.07) is 0. The van der Waals surface area contributed by atoms with Crippen molar-refractivity contribution >= 4 is 5.57 Å². The highest BCUT2D eigenvalue weighted by Crippen LogP contribution is 2.24. The van der Waals surface area contributed by atoms with Crippen molar-refractivity contribution in [1.82, 2.24) is 14.0 Å². The van der Waals surface area contributed by atoms with E-state index in [0.29, 0.717) is 6.42 Å². The van der Waals surface area contributed by atoms with Crippen LogP contribution in [-0.4, -0.2) is 33.7 Å². The van der Waals surface area contributed by atoms with Crippen molar-refractivity contribution in [2.24, 2.45) is 14.1 Å². The first-order valence-electron chi connectivity index (χ1n) is 6.71. The highest BCUT2D eigenvalue weighted by atomic mass is 16.2. The number of nitrogens with zero attached hydrogens (tertiary/aromatic N) is 3. The molecule has 1 aliphatic rings. The maximum atomic E-state index is 12.1. The fourth-order valence-corrected chi connectivity index (χ4v) is 2.66. The summed E-state index contributed by atoms with van der Waals surface area (Å²) in [5.74, 6) is 0. The Bertz CT molecular complexity index is 633. The Labute approximate surface area is 112 Å². The molecule has 19 heavy (non-hydrogen) atoms. The Morgan fingerprint density at radius 2 is 1.79 bits per heavy atom. The van der Waals surface area contributed by atoms with Gasteiger partial charge in [0.1, 0.15) is 0 Å². The van der Waals surface area contributed by atoms with Crippen LogP contribution in [-0.2, 0) is 20.5 Å². The molecule has 0 aliphatic heterocycles. The van der Waals surface area contributed by atoms with Gasteiger partial charge in [0.2, 0.25) is 0 Å². The minimum atomic E-state index is -0.254. The van der Waals surface area contributed by atoms with E-state index in [2.05, 4.69) is 24.8 Å². The lowest BCUT2D eigenvalue weighted by atomic mass is 10.1. The van der Waals surface area contributed by atoms with Crippen molar-refractivity contribution in [2.45, 2.75) is 20.3 Å². The lowest BCUT2D eigenvalue weighted by Crippen LogP contribution is -2.40. The Kier molecular flexibility index (Phi) is 3.75. The molecule has 0 radical (unpaired) electrons. The zero-order chi connectivity index (χ0) is 14.2. The van der Waals surface area contributed by atoms with E-state index in [1.54, 1.807) is 11.6 Å². The van der Waals surface area contributed by atoms with E-state index in [1.807, 2.05) is 0 Å². The van der Waals surface area contributed by atoms with Gasteiger partial charge in [0.15, 0.2) is 0 Å². The summed E-state index contributed by atoms with van der Waals surface area (Å²) < 4.78 is 2.78. The van der Waals surface area contributed by atoms with Gasteiger partial charge in [-0.05, 0) is 25.1 Å². The van der Waals surface area contributed by atoms with E-state index in [4.69, 9.17) is 0 Å². The van der Waals surface area contributed by atoms with Gasteiger partial charge in [-0.25, -0.2) is 4.79 Å². The zero-order valence-electron chi connectivity index (χ0n) is 12.1. The van der Waals surface area contributed by atoms with Gasteiger partial charge in [-0.15, -0.1) is 0 Å². The molecule has 1 heterocycles. The molecule has 0 amide bonds. The summed E-state index contributed by atoms with van der Waals surface area (Å²) in [6.07, 6.45) is 2.70. The molecular formula is C14H21N3O2. The highest BCUT2D eigenvalue weighted by molar-refractivity contribution is 5.71. The fourth-order valence-electron chi connectivity index (χ4n) is 2.66. The summed E-state index contributed by atoms with van der Waals surface area (Å²) in [6.45, 7) is 6.94. The van der Waals surface area contributed by atoms with Crippen LogP contribution in [0.4, 0.5) is 0 Å². The molecule has 0 saturated carbocycles. The van der Waals surface area contributed by atoms with Crippen LogP contribution in [0.5, 0.6) is 0 Å². The topological polar surface area (TPSA) is 47.2 Å². The van der Waals surface area contributed by atoms with Gasteiger partial charge >= 0.3 is 5.69 Å². The van der Waals surface area contributed by atoms with Gasteiger partial charge in [0.05, 0.1) is 5.69 Å². The van der Waals surface area contributed by atoms with Crippen LogP contribution in [0.1, 0.15) is 25.1 Å². The number of allylic oxidation sites excluding steroid dienone is 1. The molecule has 0 saturated heterocycles. The van der Waals surface area contributed by atoms with Crippen molar-refractivity contribution < 1.29 is 0 Å². The van der Waals surface area contributed by atoms with Crippen LogP contribution < -0.4 is 11.2 Å². The third kappa shape index (κ3) is 2.18. The normalized spacial score (nSPS) is 13.8. The minimum absolute atomic E-state index is 0.163. The molecule has 5 nitrogen and oxygen atoms in total. The lowest BCUT2D eigenvalue weighted by Gasteiger charge is -2.20. The van der Waals surface area contributed by atoms with Crippen LogP contribution in [0, 0.1) is 0 Å². The molecule has 0 bridgehead atoms. The predicted molar refractivity (Wildman–Crippen MR) is 76.4 cm³/mol. The second-order valence-corrected chi connectivity index (χ2v) is 4.93. The predicted octanol–water partition coefficient (Wildman–Crippen LogP) is 0.365. The van der Waals surface area contributed by atoms with E-state index in [0.717, 1.165) is 36.5 Å². The summed E-state index contributed by atoms with van der Waals surface area (Å²) in [5, 5.41) is 0. The molecule has 1 aromatic heterocycles. The molecular weight excluding hydrogens is 242 g/mol. The van der Waals surface area contributed by atoms with E-state index < -0.39 is 0 Å². The second kappa shape index (κ2) is 5.17. The molecule has 0 atom stereocenters. The Balaban J connectivity index is 2.50. The SMILES string of the molecule is CCN(CC)CC1=CCc2c1n(C)c(=O)n(C)c2=O. The minimum Gasteiger partial charge on any atom is -0.300 e. The molecule has 0 N–H and O–H groups in total. The van der Waals surface area contributed by atoms with E-state index in [1.165, 1.54) is 11.6 Å². The monoisotopic (exact) mass is 263 g/mol. The number of hydrogen-bond acceptors (Lipinski definition) is 3. The van der Waals surface area contributed by atoms with Crippen molar-refractivity contribution in [3.63, 3.8) is 0 Å². The molecule has 0 spiro atoms. The maximum absolute atomic E-state index is 12.1. The number of rotatable bonds is 4. The maximum Gasteiger partial charge on any atom is 0.330 e. The van der Waals surface area contributed by atoms with Gasteiger partial charge in [0.25, 0.3) is 5.56 Å². The Morgan fingerprint density at radius 1 is 1.16 bits per heavy atom. The van der Waals surface area contributed by atoms with Gasteiger partial charge in [-0.1, -0.05) is 19.9 Å². The Hall–Kier alpha value is -1.62. The standard InChI is InChI=1S/C14H21N3O2/c1-5-17(6-2)9-10-7-8-11-12(10)15(3)14(19)16(4)13(11)18/h7H,5-6,8-9H2,1-4H3. The van der Waals surface area contributed by atoms with Gasteiger partial charge in [0, 0.05) is 26.2 Å². The molecule has 104 valence electrons. The number of hydrogen-bond donors (Lipinski definition) is 0. The first kappa shape index (κ1) is 13.8. The van der Waals surface area contributed by atoms with Gasteiger partial charge < -0.3 is 0 Å². The average Bonchev–Trinajstić information content (AvgIpc) is 2.83. The molecule has 1 aromatic rings. The van der Waals surface area contributed by atoms with E-state index in [9.17, 15) is 9.59 Å². The number of aromatic nitrogens is 2. The van der Waals surface area contributed by atoms with Crippen molar-refractivity contribution in [3.05, 3.63) is 38.2 Å². The second-order valence-electron chi connectivity index (χ2n) is 4.93. The van der Waals surface area contributed by atoms with Gasteiger partial charge in [-0.3, -0.25) is 18.8 Å². The largest absolute Gasteiger partial charge is 0.330 e. The third-order valence-corrected chi connectivity index (χ3v) is 3.90. The third-order valence-electron chi connectivity index (χ3n) is 3.90. The van der Waals surface area contributed by atoms with Crippen LogP contribution in [0.3, 0.4) is 0 Å². The average molecular weight is 263 g/mol. The van der Waals surface area contributed by atoms with Gasteiger partial charge in [-0.2, -0.15) is 0 Å². The number of likely N-dealkylation sites (N-methyl/N-ethyl adjacent to an activating group) is 1. The van der Waals surface area contributed by atoms with Crippen LogP contribution >= 0.6 is 0 Å². The van der Waals surface area contributed by atoms with E-state index >= 15 is 0 Å². The first-order valence-corrected chi connectivity index (χ1v) is 6.71. The summed E-state index contributed by atoms with van der Waals surface area (Å²) >= 11 is 0. The molecule has 2 rings (SSSR count). The Morgan fingerprint density at radius 3 is 2.37 bits per heavy atom. The molecule has 0 fully saturated rings. The zero-order valence-corrected chi connectivity index (χ0v) is 12.1. The van der Waals surface area contributed by atoms with Crippen molar-refractivity contribution in [1.29, 1.82) is 0 Å². The van der Waals surface area contributed by atoms with Crippen molar-refractivity contribution in [2.75, 3.05) is 19.6 Å². The summed E-state index contributed by atoms with van der Waals surface area (Å²) in [5.41, 5.74) is 2.24.